The van der Waals surface area contributed by atoms with Gasteiger partial charge >= 0.3 is 5.97 Å². The minimum atomic E-state index is -1.20. The summed E-state index contributed by atoms with van der Waals surface area (Å²) in [5.74, 6) is -2.39. The molecule has 1 unspecified atom stereocenters. The summed E-state index contributed by atoms with van der Waals surface area (Å²) in [7, 11) is 0. The molecule has 3 rings (SSSR count). The van der Waals surface area contributed by atoms with Gasteiger partial charge in [-0.25, -0.2) is 9.18 Å². The van der Waals surface area contributed by atoms with Crippen LogP contribution in [0.15, 0.2) is 48.5 Å². The maximum Gasteiger partial charge on any atom is 0.335 e. The van der Waals surface area contributed by atoms with Gasteiger partial charge in [0, 0.05) is 13.1 Å². The lowest BCUT2D eigenvalue weighted by molar-refractivity contribution is -0.121. The van der Waals surface area contributed by atoms with Crippen LogP contribution in [-0.4, -0.2) is 35.0 Å². The number of aromatic carboxylic acids is 1. The molecule has 2 aromatic carbocycles. The molecule has 0 saturated carbocycles. The van der Waals surface area contributed by atoms with E-state index in [1.165, 1.54) is 17.7 Å². The van der Waals surface area contributed by atoms with Gasteiger partial charge in [-0.15, -0.1) is 0 Å². The topological polar surface area (TPSA) is 69.6 Å². The van der Waals surface area contributed by atoms with Gasteiger partial charge in [-0.3, -0.25) is 9.69 Å². The van der Waals surface area contributed by atoms with Crippen LogP contribution in [0.4, 0.5) is 10.1 Å². The number of likely N-dealkylation sites (tertiary alicyclic amines) is 1. The Labute approximate surface area is 151 Å². The first-order valence-electron chi connectivity index (χ1n) is 8.63. The van der Waals surface area contributed by atoms with Gasteiger partial charge in [0.1, 0.15) is 5.82 Å². The molecular weight excluding hydrogens is 335 g/mol. The van der Waals surface area contributed by atoms with Crippen molar-refractivity contribution in [3.63, 3.8) is 0 Å². The van der Waals surface area contributed by atoms with Gasteiger partial charge in [0.05, 0.1) is 17.2 Å². The van der Waals surface area contributed by atoms with Gasteiger partial charge in [-0.2, -0.15) is 0 Å². The van der Waals surface area contributed by atoms with E-state index in [0.29, 0.717) is 6.54 Å². The van der Waals surface area contributed by atoms with Gasteiger partial charge in [-0.1, -0.05) is 30.3 Å². The SMILES string of the molecule is O=C(O)c1ccc(NC(=O)C2CCCN(Cc3ccccc3)C2)c(F)c1. The lowest BCUT2D eigenvalue weighted by Gasteiger charge is -2.32. The standard InChI is InChI=1S/C20H21FN2O3/c21-17-11-15(20(25)26)8-9-18(17)22-19(24)16-7-4-10-23(13-16)12-14-5-2-1-3-6-14/h1-3,5-6,8-9,11,16H,4,7,10,12-13H2,(H,22,24)(H,25,26). The fourth-order valence-corrected chi connectivity index (χ4v) is 3.24. The van der Waals surface area contributed by atoms with E-state index in [1.54, 1.807) is 0 Å². The van der Waals surface area contributed by atoms with Crippen LogP contribution in [0, 0.1) is 11.7 Å². The average molecular weight is 356 g/mol. The van der Waals surface area contributed by atoms with Crippen molar-refractivity contribution in [3.8, 4) is 0 Å². The summed E-state index contributed by atoms with van der Waals surface area (Å²) in [4.78, 5) is 25.6. The van der Waals surface area contributed by atoms with Crippen molar-refractivity contribution < 1.29 is 19.1 Å². The summed E-state index contributed by atoms with van der Waals surface area (Å²) in [6.07, 6.45) is 1.66. The number of carboxylic acids is 1. The summed E-state index contributed by atoms with van der Waals surface area (Å²) in [5.41, 5.74) is 1.07. The number of piperidine rings is 1. The first-order valence-corrected chi connectivity index (χ1v) is 8.63. The van der Waals surface area contributed by atoms with E-state index in [0.717, 1.165) is 32.0 Å². The number of nitrogens with zero attached hydrogens (tertiary/aromatic N) is 1. The number of benzene rings is 2. The lowest BCUT2D eigenvalue weighted by atomic mass is 9.96. The molecule has 1 aliphatic heterocycles. The Kier molecular flexibility index (Phi) is 5.63. The molecule has 6 heteroatoms. The second-order valence-electron chi connectivity index (χ2n) is 6.55. The molecule has 5 nitrogen and oxygen atoms in total. The van der Waals surface area contributed by atoms with Gasteiger partial charge < -0.3 is 10.4 Å². The minimum absolute atomic E-state index is 0.0141. The van der Waals surface area contributed by atoms with Crippen LogP contribution in [0.3, 0.4) is 0 Å². The second kappa shape index (κ2) is 8.10. The van der Waals surface area contributed by atoms with Crippen LogP contribution < -0.4 is 5.32 Å². The Balaban J connectivity index is 1.61. The average Bonchev–Trinajstić information content (AvgIpc) is 2.64. The van der Waals surface area contributed by atoms with E-state index in [1.807, 2.05) is 18.2 Å². The van der Waals surface area contributed by atoms with Crippen LogP contribution in [0.2, 0.25) is 0 Å². The highest BCUT2D eigenvalue weighted by Gasteiger charge is 2.26. The zero-order chi connectivity index (χ0) is 18.5. The molecule has 1 fully saturated rings. The lowest BCUT2D eigenvalue weighted by Crippen LogP contribution is -2.40. The Morgan fingerprint density at radius 2 is 1.96 bits per heavy atom. The number of hydrogen-bond donors (Lipinski definition) is 2. The number of carbonyl (C=O) groups excluding carboxylic acids is 1. The molecule has 26 heavy (non-hydrogen) atoms. The number of nitrogens with one attached hydrogen (secondary N) is 1. The molecule has 2 aromatic rings. The maximum atomic E-state index is 14.0. The van der Waals surface area contributed by atoms with E-state index < -0.39 is 11.8 Å². The highest BCUT2D eigenvalue weighted by Crippen LogP contribution is 2.22. The van der Waals surface area contributed by atoms with Crippen molar-refractivity contribution in [2.75, 3.05) is 18.4 Å². The molecule has 1 heterocycles. The third-order valence-corrected chi connectivity index (χ3v) is 4.60. The van der Waals surface area contributed by atoms with E-state index in [2.05, 4.69) is 22.3 Å². The Morgan fingerprint density at radius 1 is 1.19 bits per heavy atom. The Morgan fingerprint density at radius 3 is 2.65 bits per heavy atom. The molecule has 1 saturated heterocycles. The minimum Gasteiger partial charge on any atom is -0.478 e. The smallest absolute Gasteiger partial charge is 0.335 e. The third-order valence-electron chi connectivity index (χ3n) is 4.60. The largest absolute Gasteiger partial charge is 0.478 e. The number of amides is 1. The van der Waals surface area contributed by atoms with E-state index in [9.17, 15) is 14.0 Å². The number of hydrogen-bond acceptors (Lipinski definition) is 3. The number of carbonyl (C=O) groups is 2. The molecule has 2 N–H and O–H groups in total. The van der Waals surface area contributed by atoms with Crippen molar-refractivity contribution in [1.29, 1.82) is 0 Å². The zero-order valence-electron chi connectivity index (χ0n) is 14.3. The van der Waals surface area contributed by atoms with Crippen LogP contribution in [0.1, 0.15) is 28.8 Å². The number of rotatable bonds is 5. The first-order chi connectivity index (χ1) is 12.5. The predicted molar refractivity (Wildman–Crippen MR) is 96.4 cm³/mol. The van der Waals surface area contributed by atoms with Crippen molar-refractivity contribution in [2.24, 2.45) is 5.92 Å². The normalized spacial score (nSPS) is 17.7. The number of carboxylic acid groups (broad SMARTS) is 1. The fourth-order valence-electron chi connectivity index (χ4n) is 3.24. The molecule has 1 amide bonds. The monoisotopic (exact) mass is 356 g/mol. The summed E-state index contributed by atoms with van der Waals surface area (Å²) in [6, 6.07) is 13.6. The van der Waals surface area contributed by atoms with Gasteiger partial charge in [0.25, 0.3) is 0 Å². The molecular formula is C20H21FN2O3. The third kappa shape index (κ3) is 4.46. The summed E-state index contributed by atoms with van der Waals surface area (Å²) in [6.45, 7) is 2.34. The summed E-state index contributed by atoms with van der Waals surface area (Å²) >= 11 is 0. The second-order valence-corrected chi connectivity index (χ2v) is 6.55. The van der Waals surface area contributed by atoms with E-state index in [4.69, 9.17) is 5.11 Å². The Hall–Kier alpha value is -2.73. The van der Waals surface area contributed by atoms with Crippen LogP contribution in [0.5, 0.6) is 0 Å². The summed E-state index contributed by atoms with van der Waals surface area (Å²) in [5, 5.41) is 11.5. The van der Waals surface area contributed by atoms with Crippen LogP contribution in [-0.2, 0) is 11.3 Å². The van der Waals surface area contributed by atoms with E-state index in [-0.39, 0.29) is 23.1 Å². The molecule has 0 aliphatic carbocycles. The molecule has 1 atom stereocenters. The Bertz CT molecular complexity index is 795. The molecule has 0 aromatic heterocycles. The highest BCUT2D eigenvalue weighted by molar-refractivity contribution is 5.94. The maximum absolute atomic E-state index is 14.0. The first kappa shape index (κ1) is 18.1. The number of halogens is 1. The number of anilines is 1. The van der Waals surface area contributed by atoms with Gasteiger partial charge in [-0.05, 0) is 43.1 Å². The van der Waals surface area contributed by atoms with Crippen LogP contribution in [0.25, 0.3) is 0 Å². The van der Waals surface area contributed by atoms with Gasteiger partial charge in [0.2, 0.25) is 5.91 Å². The molecule has 0 spiro atoms. The van der Waals surface area contributed by atoms with E-state index >= 15 is 0 Å². The summed E-state index contributed by atoms with van der Waals surface area (Å²) < 4.78 is 14.0. The van der Waals surface area contributed by atoms with Gasteiger partial charge in [0.15, 0.2) is 0 Å². The highest BCUT2D eigenvalue weighted by atomic mass is 19.1. The van der Waals surface area contributed by atoms with Crippen molar-refractivity contribution >= 4 is 17.6 Å². The van der Waals surface area contributed by atoms with Crippen molar-refractivity contribution in [3.05, 3.63) is 65.5 Å². The molecule has 0 bridgehead atoms. The van der Waals surface area contributed by atoms with Crippen molar-refractivity contribution in [2.45, 2.75) is 19.4 Å². The predicted octanol–water partition coefficient (Wildman–Crippen LogP) is 3.37. The quantitative estimate of drug-likeness (QED) is 0.862. The van der Waals surface area contributed by atoms with Crippen molar-refractivity contribution in [1.82, 2.24) is 4.90 Å². The fraction of sp³-hybridized carbons (Fsp3) is 0.300. The molecule has 1 aliphatic rings. The molecule has 136 valence electrons. The zero-order valence-corrected chi connectivity index (χ0v) is 14.3. The molecule has 0 radical (unpaired) electrons. The van der Waals surface area contributed by atoms with Crippen LogP contribution >= 0.6 is 0 Å².